The van der Waals surface area contributed by atoms with E-state index in [-0.39, 0.29) is 11.8 Å². The molecule has 118 valence electrons. The van der Waals surface area contributed by atoms with Crippen LogP contribution in [0, 0.1) is 0 Å². The number of carbonyl (C=O) groups excluding carboxylic acids is 1. The lowest BCUT2D eigenvalue weighted by Gasteiger charge is -2.33. The van der Waals surface area contributed by atoms with Crippen molar-refractivity contribution in [3.8, 4) is 0 Å². The largest absolute Gasteiger partial charge is 0.333 e. The molecule has 0 unspecified atom stereocenters. The van der Waals surface area contributed by atoms with Gasteiger partial charge in [0.15, 0.2) is 0 Å². The number of hydrogen-bond donors (Lipinski definition) is 0. The van der Waals surface area contributed by atoms with Crippen molar-refractivity contribution in [2.45, 2.75) is 31.2 Å². The second-order valence-corrected chi connectivity index (χ2v) is 8.08. The number of thiophene rings is 1. The van der Waals surface area contributed by atoms with Crippen LogP contribution in [0.4, 0.5) is 0 Å². The Morgan fingerprint density at radius 2 is 2.00 bits per heavy atom. The highest BCUT2D eigenvalue weighted by atomic mass is 35.5. The lowest BCUT2D eigenvalue weighted by molar-refractivity contribution is -0.127. The van der Waals surface area contributed by atoms with Gasteiger partial charge in [0.1, 0.15) is 0 Å². The Labute approximate surface area is 145 Å². The predicted molar refractivity (Wildman–Crippen MR) is 95.2 cm³/mol. The summed E-state index contributed by atoms with van der Waals surface area (Å²) in [6, 6.07) is 10.8. The summed E-state index contributed by atoms with van der Waals surface area (Å²) in [7, 11) is 0. The van der Waals surface area contributed by atoms with Crippen molar-refractivity contribution in [2.75, 3.05) is 6.54 Å². The highest BCUT2D eigenvalue weighted by Gasteiger charge is 2.34. The monoisotopic (exact) mass is 343 g/mol. The molecule has 0 spiro atoms. The lowest BCUT2D eigenvalue weighted by Crippen LogP contribution is -2.37. The first-order chi connectivity index (χ1) is 11.2. The number of amides is 1. The Kier molecular flexibility index (Phi) is 3.78. The maximum Gasteiger partial charge on any atom is 0.246 e. The second kappa shape index (κ2) is 5.81. The summed E-state index contributed by atoms with van der Waals surface area (Å²) in [6.45, 7) is 4.98. The average molecular weight is 344 g/mol. The predicted octanol–water partition coefficient (Wildman–Crippen LogP) is 4.94. The molecule has 1 aliphatic heterocycles. The number of nitrogens with zero attached hydrogens (tertiary/aromatic N) is 1. The molecule has 0 saturated heterocycles. The standard InChI is InChI=1S/C19H18ClNOS/c1-2-19(22)21-10-16(15-9-18(20)23-17(15)11-21)14-6-4-3-5-13(14)12-7-8-12/h2-6,9,12,16H,1,7-8,10-11H2/t16-/m0/s1. The molecule has 1 saturated carbocycles. The maximum absolute atomic E-state index is 12.2. The lowest BCUT2D eigenvalue weighted by atomic mass is 9.84. The zero-order valence-corrected chi connectivity index (χ0v) is 14.4. The Morgan fingerprint density at radius 3 is 2.70 bits per heavy atom. The molecule has 4 heteroatoms. The Balaban J connectivity index is 1.80. The summed E-state index contributed by atoms with van der Waals surface area (Å²) in [5, 5.41) is 0. The molecule has 2 nitrogen and oxygen atoms in total. The molecular formula is C19H18ClNOS. The van der Waals surface area contributed by atoms with Gasteiger partial charge in [-0.25, -0.2) is 0 Å². The van der Waals surface area contributed by atoms with Crippen LogP contribution >= 0.6 is 22.9 Å². The van der Waals surface area contributed by atoms with Crippen molar-refractivity contribution >= 4 is 28.8 Å². The summed E-state index contributed by atoms with van der Waals surface area (Å²) < 4.78 is 0.803. The fourth-order valence-corrected chi connectivity index (χ4v) is 4.90. The van der Waals surface area contributed by atoms with Crippen molar-refractivity contribution in [3.05, 3.63) is 68.9 Å². The molecule has 2 aliphatic rings. The Morgan fingerprint density at radius 1 is 1.26 bits per heavy atom. The molecule has 1 aromatic carbocycles. The molecule has 1 atom stereocenters. The van der Waals surface area contributed by atoms with E-state index in [1.54, 1.807) is 11.3 Å². The minimum atomic E-state index is -0.00549. The fraction of sp³-hybridized carbons (Fsp3) is 0.316. The molecule has 1 aromatic heterocycles. The number of hydrogen-bond acceptors (Lipinski definition) is 2. The summed E-state index contributed by atoms with van der Waals surface area (Å²) in [5.74, 6) is 0.895. The van der Waals surface area contributed by atoms with Crippen LogP contribution in [-0.2, 0) is 11.3 Å². The second-order valence-electron chi connectivity index (χ2n) is 6.31. The number of fused-ring (bicyclic) bond motifs is 1. The highest BCUT2D eigenvalue weighted by molar-refractivity contribution is 7.16. The third kappa shape index (κ3) is 2.73. The van der Waals surface area contributed by atoms with Gasteiger partial charge in [-0.2, -0.15) is 0 Å². The van der Waals surface area contributed by atoms with Crippen LogP contribution in [0.5, 0.6) is 0 Å². The quantitative estimate of drug-likeness (QED) is 0.723. The normalized spacial score (nSPS) is 20.2. The number of halogens is 1. The number of benzene rings is 1. The van der Waals surface area contributed by atoms with Crippen LogP contribution in [0.25, 0.3) is 0 Å². The van der Waals surface area contributed by atoms with Gasteiger partial charge < -0.3 is 4.90 Å². The Bertz CT molecular complexity index is 777. The van der Waals surface area contributed by atoms with E-state index in [2.05, 4.69) is 36.9 Å². The maximum atomic E-state index is 12.2. The molecule has 1 aliphatic carbocycles. The molecular weight excluding hydrogens is 326 g/mol. The van der Waals surface area contributed by atoms with E-state index in [9.17, 15) is 4.79 Å². The van der Waals surface area contributed by atoms with Crippen molar-refractivity contribution in [1.29, 1.82) is 0 Å². The van der Waals surface area contributed by atoms with Gasteiger partial charge in [-0.15, -0.1) is 11.3 Å². The van der Waals surface area contributed by atoms with Crippen molar-refractivity contribution < 1.29 is 4.79 Å². The van der Waals surface area contributed by atoms with Crippen LogP contribution in [-0.4, -0.2) is 17.4 Å². The minimum absolute atomic E-state index is 0.00549. The molecule has 0 radical (unpaired) electrons. The van der Waals surface area contributed by atoms with Gasteiger partial charge in [-0.1, -0.05) is 42.4 Å². The van der Waals surface area contributed by atoms with Crippen LogP contribution in [0.15, 0.2) is 43.0 Å². The highest BCUT2D eigenvalue weighted by Crippen LogP contribution is 2.47. The molecule has 1 fully saturated rings. The molecule has 0 N–H and O–H groups in total. The fourth-order valence-electron chi connectivity index (χ4n) is 3.54. The average Bonchev–Trinajstić information content (AvgIpc) is 3.34. The van der Waals surface area contributed by atoms with Crippen molar-refractivity contribution in [2.24, 2.45) is 0 Å². The van der Waals surface area contributed by atoms with E-state index in [1.165, 1.54) is 40.5 Å². The molecule has 0 bridgehead atoms. The third-order valence-electron chi connectivity index (χ3n) is 4.80. The zero-order valence-electron chi connectivity index (χ0n) is 12.8. The summed E-state index contributed by atoms with van der Waals surface area (Å²) in [5.41, 5.74) is 4.09. The van der Waals surface area contributed by atoms with Gasteiger partial charge in [0.05, 0.1) is 10.9 Å². The van der Waals surface area contributed by atoms with E-state index >= 15 is 0 Å². The Hall–Kier alpha value is -1.58. The zero-order chi connectivity index (χ0) is 16.0. The van der Waals surface area contributed by atoms with Crippen molar-refractivity contribution in [3.63, 3.8) is 0 Å². The van der Waals surface area contributed by atoms with Gasteiger partial charge in [0.2, 0.25) is 5.91 Å². The topological polar surface area (TPSA) is 20.3 Å². The van der Waals surface area contributed by atoms with Gasteiger partial charge >= 0.3 is 0 Å². The van der Waals surface area contributed by atoms with Crippen LogP contribution in [0.3, 0.4) is 0 Å². The van der Waals surface area contributed by atoms with Gasteiger partial charge in [0.25, 0.3) is 0 Å². The van der Waals surface area contributed by atoms with E-state index in [0.29, 0.717) is 19.0 Å². The number of carbonyl (C=O) groups is 1. The molecule has 2 heterocycles. The molecule has 1 amide bonds. The molecule has 23 heavy (non-hydrogen) atoms. The van der Waals surface area contributed by atoms with E-state index in [1.807, 2.05) is 4.90 Å². The summed E-state index contributed by atoms with van der Waals surface area (Å²) >= 11 is 7.86. The van der Waals surface area contributed by atoms with E-state index < -0.39 is 0 Å². The molecule has 2 aromatic rings. The van der Waals surface area contributed by atoms with E-state index in [4.69, 9.17) is 11.6 Å². The number of rotatable bonds is 3. The van der Waals surface area contributed by atoms with Crippen molar-refractivity contribution in [1.82, 2.24) is 4.90 Å². The first kappa shape index (κ1) is 15.0. The third-order valence-corrected chi connectivity index (χ3v) is 6.06. The minimum Gasteiger partial charge on any atom is -0.333 e. The first-order valence-corrected chi connectivity index (χ1v) is 9.15. The van der Waals surface area contributed by atoms with Gasteiger partial charge in [-0.3, -0.25) is 4.79 Å². The summed E-state index contributed by atoms with van der Waals surface area (Å²) in [6.07, 6.45) is 3.95. The van der Waals surface area contributed by atoms with Gasteiger partial charge in [0, 0.05) is 17.3 Å². The smallest absolute Gasteiger partial charge is 0.246 e. The summed E-state index contributed by atoms with van der Waals surface area (Å²) in [4.78, 5) is 15.3. The van der Waals surface area contributed by atoms with Gasteiger partial charge in [-0.05, 0) is 47.6 Å². The molecule has 4 rings (SSSR count). The first-order valence-electron chi connectivity index (χ1n) is 7.95. The van der Waals surface area contributed by atoms with Crippen LogP contribution in [0.2, 0.25) is 4.34 Å². The van der Waals surface area contributed by atoms with Crippen LogP contribution in [0.1, 0.15) is 46.2 Å². The van der Waals surface area contributed by atoms with E-state index in [0.717, 1.165) is 4.34 Å². The van der Waals surface area contributed by atoms with Crippen LogP contribution < -0.4 is 0 Å². The SMILES string of the molecule is C=CC(=O)N1Cc2sc(Cl)cc2[C@H](c2ccccc2C2CC2)C1.